The summed E-state index contributed by atoms with van der Waals surface area (Å²) in [6.07, 6.45) is 1.47. The SMILES string of the molecule is CO[C@@H](C(=O)N[C@@H](CC=C(C)C)C(N)=O)c1ccccc1. The van der Waals surface area contributed by atoms with Crippen molar-refractivity contribution in [3.8, 4) is 0 Å². The molecule has 0 aliphatic carbocycles. The monoisotopic (exact) mass is 290 g/mol. The molecule has 1 rings (SSSR count). The summed E-state index contributed by atoms with van der Waals surface area (Å²) in [6.45, 7) is 3.84. The highest BCUT2D eigenvalue weighted by Gasteiger charge is 2.24. The van der Waals surface area contributed by atoms with Crippen LogP contribution in [0.3, 0.4) is 0 Å². The lowest BCUT2D eigenvalue weighted by molar-refractivity contribution is -0.134. The molecule has 21 heavy (non-hydrogen) atoms. The lowest BCUT2D eigenvalue weighted by Crippen LogP contribution is -2.46. The van der Waals surface area contributed by atoms with E-state index in [-0.39, 0.29) is 5.91 Å². The van der Waals surface area contributed by atoms with Crippen LogP contribution >= 0.6 is 0 Å². The molecule has 0 aromatic heterocycles. The van der Waals surface area contributed by atoms with Crippen molar-refractivity contribution >= 4 is 11.8 Å². The Hall–Kier alpha value is -2.14. The number of carbonyl (C=O) groups excluding carboxylic acids is 2. The highest BCUT2D eigenvalue weighted by Crippen LogP contribution is 2.16. The van der Waals surface area contributed by atoms with Gasteiger partial charge in [0.1, 0.15) is 6.04 Å². The summed E-state index contributed by atoms with van der Waals surface area (Å²) in [4.78, 5) is 23.7. The fourth-order valence-corrected chi connectivity index (χ4v) is 1.87. The summed E-state index contributed by atoms with van der Waals surface area (Å²) in [5, 5.41) is 2.64. The van der Waals surface area contributed by atoms with E-state index in [0.29, 0.717) is 6.42 Å². The smallest absolute Gasteiger partial charge is 0.254 e. The third kappa shape index (κ3) is 5.39. The van der Waals surface area contributed by atoms with Gasteiger partial charge in [-0.3, -0.25) is 9.59 Å². The van der Waals surface area contributed by atoms with Crippen LogP contribution in [-0.4, -0.2) is 25.0 Å². The van der Waals surface area contributed by atoms with Gasteiger partial charge in [0.25, 0.3) is 5.91 Å². The lowest BCUT2D eigenvalue weighted by atomic mass is 10.1. The Labute approximate surface area is 125 Å². The number of ether oxygens (including phenoxy) is 1. The third-order valence-corrected chi connectivity index (χ3v) is 3.00. The number of carbonyl (C=O) groups is 2. The molecule has 3 N–H and O–H groups in total. The molecule has 0 fully saturated rings. The molecule has 5 nitrogen and oxygen atoms in total. The van der Waals surface area contributed by atoms with Gasteiger partial charge in [-0.1, -0.05) is 42.0 Å². The number of hydrogen-bond donors (Lipinski definition) is 2. The second-order valence-corrected chi connectivity index (χ2v) is 5.01. The number of nitrogens with one attached hydrogen (secondary N) is 1. The average Bonchev–Trinajstić information content (AvgIpc) is 2.44. The fourth-order valence-electron chi connectivity index (χ4n) is 1.87. The van der Waals surface area contributed by atoms with E-state index in [1.165, 1.54) is 7.11 Å². The summed E-state index contributed by atoms with van der Waals surface area (Å²) < 4.78 is 5.22. The number of allylic oxidation sites excluding steroid dienone is 1. The highest BCUT2D eigenvalue weighted by molar-refractivity contribution is 5.89. The van der Waals surface area contributed by atoms with Crippen LogP contribution in [0.1, 0.15) is 31.9 Å². The minimum atomic E-state index is -0.764. The minimum absolute atomic E-state index is 0.370. The normalized spacial score (nSPS) is 13.1. The average molecular weight is 290 g/mol. The zero-order valence-corrected chi connectivity index (χ0v) is 12.6. The van der Waals surface area contributed by atoms with Crippen molar-refractivity contribution in [3.05, 3.63) is 47.5 Å². The Kier molecular flexibility index (Phi) is 6.62. The van der Waals surface area contributed by atoms with Gasteiger partial charge in [0, 0.05) is 7.11 Å². The quantitative estimate of drug-likeness (QED) is 0.750. The zero-order valence-electron chi connectivity index (χ0n) is 12.6. The molecule has 0 unspecified atom stereocenters. The third-order valence-electron chi connectivity index (χ3n) is 3.00. The minimum Gasteiger partial charge on any atom is -0.368 e. The topological polar surface area (TPSA) is 81.4 Å². The van der Waals surface area contributed by atoms with Crippen molar-refractivity contribution < 1.29 is 14.3 Å². The van der Waals surface area contributed by atoms with E-state index in [1.54, 1.807) is 12.1 Å². The number of primary amides is 1. The summed E-state index contributed by atoms with van der Waals surface area (Å²) >= 11 is 0. The van der Waals surface area contributed by atoms with Crippen molar-refractivity contribution in [2.45, 2.75) is 32.4 Å². The second-order valence-electron chi connectivity index (χ2n) is 5.01. The van der Waals surface area contributed by atoms with E-state index >= 15 is 0 Å². The molecule has 2 atom stereocenters. The van der Waals surface area contributed by atoms with E-state index in [4.69, 9.17) is 10.5 Å². The van der Waals surface area contributed by atoms with Crippen molar-refractivity contribution in [1.29, 1.82) is 0 Å². The molecule has 0 saturated heterocycles. The maximum atomic E-state index is 12.3. The number of rotatable bonds is 7. The Morgan fingerprint density at radius 3 is 2.38 bits per heavy atom. The summed E-state index contributed by atoms with van der Waals surface area (Å²) in [6, 6.07) is 8.35. The number of hydrogen-bond acceptors (Lipinski definition) is 3. The summed E-state index contributed by atoms with van der Waals surface area (Å²) in [5.41, 5.74) is 7.11. The van der Waals surface area contributed by atoms with Crippen LogP contribution in [0.25, 0.3) is 0 Å². The van der Waals surface area contributed by atoms with Crippen LogP contribution in [0.5, 0.6) is 0 Å². The van der Waals surface area contributed by atoms with Crippen LogP contribution < -0.4 is 11.1 Å². The van der Waals surface area contributed by atoms with Crippen molar-refractivity contribution in [2.24, 2.45) is 5.73 Å². The lowest BCUT2D eigenvalue weighted by Gasteiger charge is -2.19. The first kappa shape index (κ1) is 16.9. The van der Waals surface area contributed by atoms with E-state index in [0.717, 1.165) is 11.1 Å². The Bertz CT molecular complexity index is 508. The Morgan fingerprint density at radius 1 is 1.29 bits per heavy atom. The maximum absolute atomic E-state index is 12.3. The second kappa shape index (κ2) is 8.21. The number of methoxy groups -OCH3 is 1. The summed E-state index contributed by atoms with van der Waals surface area (Å²) in [5.74, 6) is -0.946. The highest BCUT2D eigenvalue weighted by atomic mass is 16.5. The first-order chi connectivity index (χ1) is 9.95. The molecule has 0 heterocycles. The van der Waals surface area contributed by atoms with Gasteiger partial charge in [-0.25, -0.2) is 0 Å². The van der Waals surface area contributed by atoms with E-state index in [9.17, 15) is 9.59 Å². The molecule has 0 bridgehead atoms. The van der Waals surface area contributed by atoms with Gasteiger partial charge >= 0.3 is 0 Å². The predicted molar refractivity (Wildman–Crippen MR) is 81.4 cm³/mol. The van der Waals surface area contributed by atoms with E-state index in [1.807, 2.05) is 38.1 Å². The molecule has 2 amide bonds. The molecular weight excluding hydrogens is 268 g/mol. The molecule has 0 spiro atoms. The van der Waals surface area contributed by atoms with Crippen LogP contribution in [0.2, 0.25) is 0 Å². The molecular formula is C16H22N2O3. The molecule has 0 aliphatic heterocycles. The zero-order chi connectivity index (χ0) is 15.8. The van der Waals surface area contributed by atoms with Gasteiger partial charge in [-0.15, -0.1) is 0 Å². The van der Waals surface area contributed by atoms with Gasteiger partial charge in [-0.2, -0.15) is 0 Å². The van der Waals surface area contributed by atoms with Crippen LogP contribution in [0.15, 0.2) is 42.0 Å². The first-order valence-corrected chi connectivity index (χ1v) is 6.76. The van der Waals surface area contributed by atoms with Gasteiger partial charge in [0.2, 0.25) is 5.91 Å². The van der Waals surface area contributed by atoms with Crippen LogP contribution in [0.4, 0.5) is 0 Å². The molecule has 0 radical (unpaired) electrons. The first-order valence-electron chi connectivity index (χ1n) is 6.76. The molecule has 5 heteroatoms. The maximum Gasteiger partial charge on any atom is 0.254 e. The fraction of sp³-hybridized carbons (Fsp3) is 0.375. The molecule has 1 aromatic rings. The largest absolute Gasteiger partial charge is 0.368 e. The Balaban J connectivity index is 2.80. The van der Waals surface area contributed by atoms with Gasteiger partial charge < -0.3 is 15.8 Å². The Morgan fingerprint density at radius 2 is 1.90 bits per heavy atom. The van der Waals surface area contributed by atoms with Crippen molar-refractivity contribution in [1.82, 2.24) is 5.32 Å². The summed E-state index contributed by atoms with van der Waals surface area (Å²) in [7, 11) is 1.45. The van der Waals surface area contributed by atoms with Gasteiger partial charge in [0.05, 0.1) is 0 Å². The van der Waals surface area contributed by atoms with E-state index < -0.39 is 18.1 Å². The van der Waals surface area contributed by atoms with Crippen LogP contribution in [0, 0.1) is 0 Å². The van der Waals surface area contributed by atoms with Crippen molar-refractivity contribution in [3.63, 3.8) is 0 Å². The standard InChI is InChI=1S/C16H22N2O3/c1-11(2)9-10-13(15(17)19)18-16(20)14(21-3)12-7-5-4-6-8-12/h4-9,13-14H,10H2,1-3H3,(H2,17,19)(H,18,20)/t13-,14+/m0/s1. The molecule has 114 valence electrons. The number of benzene rings is 1. The molecule has 1 aromatic carbocycles. The predicted octanol–water partition coefficient (Wildman–Crippen LogP) is 1.70. The van der Waals surface area contributed by atoms with E-state index in [2.05, 4.69) is 5.32 Å². The number of amides is 2. The van der Waals surface area contributed by atoms with Gasteiger partial charge in [0.15, 0.2) is 6.10 Å². The number of nitrogens with two attached hydrogens (primary N) is 1. The van der Waals surface area contributed by atoms with Gasteiger partial charge in [-0.05, 0) is 25.8 Å². The molecule has 0 aliphatic rings. The van der Waals surface area contributed by atoms with Crippen molar-refractivity contribution in [2.75, 3.05) is 7.11 Å². The molecule has 0 saturated carbocycles. The van der Waals surface area contributed by atoms with Crippen LogP contribution in [-0.2, 0) is 14.3 Å².